The minimum Gasteiger partial charge on any atom is -0.342 e. The highest BCUT2D eigenvalue weighted by atomic mass is 16.6. The van der Waals surface area contributed by atoms with E-state index in [4.69, 9.17) is 0 Å². The number of amides is 1. The molecular weight excluding hydrogens is 258 g/mol. The van der Waals surface area contributed by atoms with Gasteiger partial charge < -0.3 is 9.47 Å². The Balaban J connectivity index is 2.41. The molecule has 0 aliphatic heterocycles. The van der Waals surface area contributed by atoms with Crippen molar-refractivity contribution in [1.82, 2.24) is 9.47 Å². The highest BCUT2D eigenvalue weighted by molar-refractivity contribution is 5.90. The van der Waals surface area contributed by atoms with Gasteiger partial charge in [0.05, 0.1) is 4.92 Å². The Morgan fingerprint density at radius 2 is 2.10 bits per heavy atom. The lowest BCUT2D eigenvalue weighted by Gasteiger charge is -2.21. The monoisotopic (exact) mass is 275 g/mol. The fraction of sp³-hybridized carbons (Fsp3) is 0.357. The van der Waals surface area contributed by atoms with E-state index in [1.807, 2.05) is 13.8 Å². The van der Waals surface area contributed by atoms with Crippen LogP contribution in [0.5, 0.6) is 0 Å². The normalized spacial score (nSPS) is 11.0. The largest absolute Gasteiger partial charge is 0.342 e. The lowest BCUT2D eigenvalue weighted by atomic mass is 10.2. The summed E-state index contributed by atoms with van der Waals surface area (Å²) in [7, 11) is 1.73. The Morgan fingerprint density at radius 3 is 2.70 bits per heavy atom. The maximum absolute atomic E-state index is 12.1. The SMILES string of the molecule is CC(C)N(C)C(=O)Cn1ccc2cccc([N+](=O)[O-])c21. The molecule has 0 unspecified atom stereocenters. The molecule has 1 aromatic carbocycles. The number of fused-ring (bicyclic) bond motifs is 1. The van der Waals surface area contributed by atoms with Crippen molar-refractivity contribution in [2.75, 3.05) is 7.05 Å². The number of carbonyl (C=O) groups excluding carboxylic acids is 1. The summed E-state index contributed by atoms with van der Waals surface area (Å²) in [6.45, 7) is 3.95. The van der Waals surface area contributed by atoms with Gasteiger partial charge in [0.25, 0.3) is 5.69 Å². The van der Waals surface area contributed by atoms with E-state index in [1.54, 1.807) is 40.9 Å². The molecular formula is C14H17N3O3. The number of non-ortho nitro benzene ring substituents is 1. The molecule has 0 spiro atoms. The Bertz CT molecular complexity index is 661. The third-order valence-corrected chi connectivity index (χ3v) is 3.44. The zero-order valence-corrected chi connectivity index (χ0v) is 11.7. The minimum atomic E-state index is -0.421. The number of aromatic nitrogens is 1. The summed E-state index contributed by atoms with van der Waals surface area (Å²) in [5.74, 6) is -0.0735. The molecule has 1 amide bonds. The van der Waals surface area contributed by atoms with Crippen LogP contribution in [0.1, 0.15) is 13.8 Å². The molecule has 2 aromatic rings. The molecule has 0 bridgehead atoms. The maximum Gasteiger partial charge on any atom is 0.293 e. The molecule has 1 heterocycles. The molecule has 0 radical (unpaired) electrons. The summed E-state index contributed by atoms with van der Waals surface area (Å²) in [5, 5.41) is 11.9. The van der Waals surface area contributed by atoms with Gasteiger partial charge in [-0.1, -0.05) is 12.1 Å². The quantitative estimate of drug-likeness (QED) is 0.635. The molecule has 1 aromatic heterocycles. The molecule has 0 fully saturated rings. The second kappa shape index (κ2) is 5.32. The summed E-state index contributed by atoms with van der Waals surface area (Å²) < 4.78 is 1.63. The molecule has 0 saturated heterocycles. The van der Waals surface area contributed by atoms with E-state index in [0.717, 1.165) is 5.39 Å². The summed E-state index contributed by atoms with van der Waals surface area (Å²) in [6.07, 6.45) is 1.71. The number of hydrogen-bond acceptors (Lipinski definition) is 3. The standard InChI is InChI=1S/C14H17N3O3/c1-10(2)15(3)13(18)9-16-8-7-11-5-4-6-12(14(11)16)17(19)20/h4-8,10H,9H2,1-3H3. The predicted octanol–water partition coefficient (Wildman–Crippen LogP) is 2.42. The van der Waals surface area contributed by atoms with Crippen LogP contribution in [0, 0.1) is 10.1 Å². The van der Waals surface area contributed by atoms with E-state index in [9.17, 15) is 14.9 Å². The van der Waals surface area contributed by atoms with Crippen LogP contribution in [-0.4, -0.2) is 33.4 Å². The van der Waals surface area contributed by atoms with Crippen molar-refractivity contribution < 1.29 is 9.72 Å². The van der Waals surface area contributed by atoms with E-state index in [-0.39, 0.29) is 24.2 Å². The van der Waals surface area contributed by atoms with Crippen LogP contribution >= 0.6 is 0 Å². The maximum atomic E-state index is 12.1. The van der Waals surface area contributed by atoms with Crippen molar-refractivity contribution in [3.8, 4) is 0 Å². The van der Waals surface area contributed by atoms with Crippen LogP contribution in [0.4, 0.5) is 5.69 Å². The van der Waals surface area contributed by atoms with Crippen LogP contribution in [0.3, 0.4) is 0 Å². The summed E-state index contributed by atoms with van der Waals surface area (Å²) >= 11 is 0. The van der Waals surface area contributed by atoms with Gasteiger partial charge in [0.1, 0.15) is 12.1 Å². The van der Waals surface area contributed by atoms with Gasteiger partial charge in [0.2, 0.25) is 5.91 Å². The van der Waals surface area contributed by atoms with Crippen LogP contribution in [0.2, 0.25) is 0 Å². The first-order valence-electron chi connectivity index (χ1n) is 6.39. The van der Waals surface area contributed by atoms with Crippen molar-refractivity contribution in [3.63, 3.8) is 0 Å². The second-order valence-electron chi connectivity index (χ2n) is 5.01. The van der Waals surface area contributed by atoms with Crippen molar-refractivity contribution >= 4 is 22.5 Å². The van der Waals surface area contributed by atoms with Crippen LogP contribution < -0.4 is 0 Å². The molecule has 6 nitrogen and oxygen atoms in total. The number of nitrogens with zero attached hydrogens (tertiary/aromatic N) is 3. The fourth-order valence-electron chi connectivity index (χ4n) is 2.07. The molecule has 0 aliphatic carbocycles. The number of carbonyl (C=O) groups is 1. The van der Waals surface area contributed by atoms with Crippen LogP contribution in [-0.2, 0) is 11.3 Å². The zero-order chi connectivity index (χ0) is 14.9. The number of nitro benzene ring substituents is 1. The Morgan fingerprint density at radius 1 is 1.40 bits per heavy atom. The van der Waals surface area contributed by atoms with Gasteiger partial charge in [0.15, 0.2) is 0 Å². The van der Waals surface area contributed by atoms with E-state index in [0.29, 0.717) is 5.52 Å². The lowest BCUT2D eigenvalue weighted by molar-refractivity contribution is -0.383. The number of hydrogen-bond donors (Lipinski definition) is 0. The molecule has 0 atom stereocenters. The second-order valence-corrected chi connectivity index (χ2v) is 5.01. The summed E-state index contributed by atoms with van der Waals surface area (Å²) in [5.41, 5.74) is 0.510. The average molecular weight is 275 g/mol. The van der Waals surface area contributed by atoms with Gasteiger partial charge in [0, 0.05) is 30.7 Å². The van der Waals surface area contributed by atoms with Crippen LogP contribution in [0.15, 0.2) is 30.5 Å². The number of likely N-dealkylation sites (N-methyl/N-ethyl adjacent to an activating group) is 1. The highest BCUT2D eigenvalue weighted by Gasteiger charge is 2.18. The third-order valence-electron chi connectivity index (χ3n) is 3.44. The molecule has 106 valence electrons. The predicted molar refractivity (Wildman–Crippen MR) is 76.5 cm³/mol. The third kappa shape index (κ3) is 2.49. The van der Waals surface area contributed by atoms with E-state index < -0.39 is 4.92 Å². The van der Waals surface area contributed by atoms with Gasteiger partial charge >= 0.3 is 0 Å². The van der Waals surface area contributed by atoms with Crippen molar-refractivity contribution in [3.05, 3.63) is 40.6 Å². The van der Waals surface area contributed by atoms with E-state index in [2.05, 4.69) is 0 Å². The Kier molecular flexibility index (Phi) is 3.74. The molecule has 20 heavy (non-hydrogen) atoms. The summed E-state index contributed by atoms with van der Waals surface area (Å²) in [4.78, 5) is 24.4. The first-order valence-corrected chi connectivity index (χ1v) is 6.39. The molecule has 0 N–H and O–H groups in total. The van der Waals surface area contributed by atoms with E-state index >= 15 is 0 Å². The molecule has 2 rings (SSSR count). The molecule has 6 heteroatoms. The Labute approximate surface area is 116 Å². The van der Waals surface area contributed by atoms with Gasteiger partial charge in [-0.05, 0) is 19.9 Å². The molecule has 0 aliphatic rings. The first kappa shape index (κ1) is 14.0. The van der Waals surface area contributed by atoms with E-state index in [1.165, 1.54) is 6.07 Å². The molecule has 0 saturated carbocycles. The smallest absolute Gasteiger partial charge is 0.293 e. The first-order chi connectivity index (χ1) is 9.41. The minimum absolute atomic E-state index is 0.0208. The van der Waals surface area contributed by atoms with Gasteiger partial charge in [-0.3, -0.25) is 14.9 Å². The van der Waals surface area contributed by atoms with Crippen molar-refractivity contribution in [2.24, 2.45) is 0 Å². The van der Waals surface area contributed by atoms with Gasteiger partial charge in [-0.2, -0.15) is 0 Å². The van der Waals surface area contributed by atoms with Gasteiger partial charge in [-0.25, -0.2) is 0 Å². The zero-order valence-electron chi connectivity index (χ0n) is 11.7. The van der Waals surface area contributed by atoms with Crippen molar-refractivity contribution in [2.45, 2.75) is 26.4 Å². The summed E-state index contributed by atoms with van der Waals surface area (Å²) in [6, 6.07) is 6.78. The highest BCUT2D eigenvalue weighted by Crippen LogP contribution is 2.26. The van der Waals surface area contributed by atoms with Gasteiger partial charge in [-0.15, -0.1) is 0 Å². The van der Waals surface area contributed by atoms with Crippen LogP contribution in [0.25, 0.3) is 10.9 Å². The van der Waals surface area contributed by atoms with Crippen molar-refractivity contribution in [1.29, 1.82) is 0 Å². The fourth-order valence-corrected chi connectivity index (χ4v) is 2.07. The topological polar surface area (TPSA) is 68.4 Å². The Hall–Kier alpha value is -2.37. The average Bonchev–Trinajstić information content (AvgIpc) is 2.80. The number of para-hydroxylation sites is 1. The number of benzene rings is 1. The number of nitro groups is 1. The number of rotatable bonds is 4. The lowest BCUT2D eigenvalue weighted by Crippen LogP contribution is -2.35.